The van der Waals surface area contributed by atoms with E-state index >= 15 is 0 Å². The van der Waals surface area contributed by atoms with Crippen LogP contribution >= 0.6 is 0 Å². The van der Waals surface area contributed by atoms with E-state index in [0.717, 1.165) is 24.3 Å². The Morgan fingerprint density at radius 3 is 2.13 bits per heavy atom. The molecule has 1 unspecified atom stereocenters. The van der Waals surface area contributed by atoms with Crippen molar-refractivity contribution in [2.24, 2.45) is 5.73 Å². The van der Waals surface area contributed by atoms with Gasteiger partial charge < -0.3 is 15.8 Å². The zero-order valence-corrected chi connectivity index (χ0v) is 19.8. The third-order valence-corrected chi connectivity index (χ3v) is 5.29. The molecule has 12 heteroatoms. The first-order chi connectivity index (χ1) is 17.7. The molecule has 0 aliphatic rings. The van der Waals surface area contributed by atoms with Gasteiger partial charge in [-0.3, -0.25) is 0 Å². The lowest BCUT2D eigenvalue weighted by molar-refractivity contribution is -0.253. The average molecular weight is 552 g/mol. The number of hydrogen-bond acceptors (Lipinski definition) is 3. The molecule has 0 amide bonds. The number of nitrogens with one attached hydrogen (secondary N) is 1. The van der Waals surface area contributed by atoms with Crippen LogP contribution in [0.1, 0.15) is 24.0 Å². The Balaban J connectivity index is 2.68. The molecule has 208 valence electrons. The Labute approximate surface area is 213 Å². The van der Waals surface area contributed by atoms with E-state index in [4.69, 9.17) is 5.73 Å². The smallest absolute Gasteiger partial charge is 0.428 e. The van der Waals surface area contributed by atoms with Gasteiger partial charge in [0.15, 0.2) is 0 Å². The fraction of sp³-hybridized carbons (Fsp3) is 0.308. The number of nitrogens with two attached hydrogens (primary N) is 1. The van der Waals surface area contributed by atoms with Gasteiger partial charge in [-0.1, -0.05) is 49.1 Å². The molecule has 3 N–H and O–H groups in total. The number of rotatable bonds is 13. The summed E-state index contributed by atoms with van der Waals surface area (Å²) in [5, 5.41) is 2.84. The Hall–Kier alpha value is -3.25. The fourth-order valence-electron chi connectivity index (χ4n) is 3.62. The average Bonchev–Trinajstić information content (AvgIpc) is 2.80. The topological polar surface area (TPSA) is 47.3 Å². The predicted molar refractivity (Wildman–Crippen MR) is 125 cm³/mol. The molecule has 0 bridgehead atoms. The van der Waals surface area contributed by atoms with Gasteiger partial charge in [-0.2, -0.15) is 30.7 Å². The number of benzene rings is 2. The van der Waals surface area contributed by atoms with Crippen LogP contribution in [0.5, 0.6) is 5.75 Å². The number of alkyl halides is 7. The molecule has 0 aliphatic carbocycles. The second kappa shape index (κ2) is 13.0. The van der Waals surface area contributed by atoms with E-state index in [1.165, 1.54) is 30.4 Å². The summed E-state index contributed by atoms with van der Waals surface area (Å²) < 4.78 is 124. The molecule has 0 saturated carbocycles. The van der Waals surface area contributed by atoms with Crippen molar-refractivity contribution in [3.8, 4) is 5.75 Å². The molecule has 0 saturated heterocycles. The Morgan fingerprint density at radius 2 is 1.55 bits per heavy atom. The highest BCUT2D eigenvalue weighted by Gasteiger charge is 2.44. The van der Waals surface area contributed by atoms with Crippen molar-refractivity contribution < 1.29 is 44.3 Å². The van der Waals surface area contributed by atoms with E-state index in [2.05, 4.69) is 16.6 Å². The number of ether oxygens (including phenoxy) is 1. The molecule has 0 heterocycles. The lowest BCUT2D eigenvalue weighted by Crippen LogP contribution is -2.49. The van der Waals surface area contributed by atoms with Crippen molar-refractivity contribution in [1.82, 2.24) is 5.32 Å². The number of hydrogen-bond donors (Lipinski definition) is 2. The van der Waals surface area contributed by atoms with Crippen molar-refractivity contribution in [1.29, 1.82) is 0 Å². The van der Waals surface area contributed by atoms with Crippen LogP contribution in [0.3, 0.4) is 0 Å². The minimum Gasteiger partial charge on any atom is -0.428 e. The first kappa shape index (κ1) is 31.0. The molecule has 0 aromatic heterocycles. The molecule has 38 heavy (non-hydrogen) atoms. The molecule has 2 aromatic carbocycles. The molecule has 0 fully saturated rings. The van der Waals surface area contributed by atoms with Gasteiger partial charge in [0.1, 0.15) is 17.4 Å². The molecule has 0 radical (unpaired) electrons. The van der Waals surface area contributed by atoms with Gasteiger partial charge in [0.05, 0.1) is 12.0 Å². The van der Waals surface area contributed by atoms with E-state index < -0.39 is 60.6 Å². The van der Waals surface area contributed by atoms with Gasteiger partial charge in [0.25, 0.3) is 0 Å². The molecule has 0 spiro atoms. The lowest BCUT2D eigenvalue weighted by atomic mass is 9.79. The minimum atomic E-state index is -4.96. The molecule has 0 aliphatic heterocycles. The van der Waals surface area contributed by atoms with Crippen LogP contribution < -0.4 is 15.8 Å². The summed E-state index contributed by atoms with van der Waals surface area (Å²) in [7, 11) is 0. The SMILES string of the molecule is C=C/C=C\C=C\C[C@@](NCC(N)CC(F)(F)F)(c1ccc(F)cc1)c1cc(F)cc(OC(F)(F)C(F)F)c1. The van der Waals surface area contributed by atoms with Gasteiger partial charge in [0, 0.05) is 18.7 Å². The van der Waals surface area contributed by atoms with Crippen molar-refractivity contribution >= 4 is 0 Å². The maximum absolute atomic E-state index is 14.6. The zero-order valence-electron chi connectivity index (χ0n) is 19.8. The van der Waals surface area contributed by atoms with Gasteiger partial charge in [0.2, 0.25) is 0 Å². The largest absolute Gasteiger partial charge is 0.461 e. The molecular weight excluding hydrogens is 527 g/mol. The summed E-state index contributed by atoms with van der Waals surface area (Å²) in [5.41, 5.74) is 3.98. The van der Waals surface area contributed by atoms with Gasteiger partial charge in [-0.15, -0.1) is 0 Å². The maximum Gasteiger partial charge on any atom is 0.461 e. The van der Waals surface area contributed by atoms with Crippen LogP contribution in [0.2, 0.25) is 0 Å². The first-order valence-electron chi connectivity index (χ1n) is 11.1. The molecule has 2 aromatic rings. The normalized spacial score (nSPS) is 15.2. The fourth-order valence-corrected chi connectivity index (χ4v) is 3.62. The molecule has 3 nitrogen and oxygen atoms in total. The van der Waals surface area contributed by atoms with Crippen molar-refractivity contribution in [2.75, 3.05) is 6.54 Å². The summed E-state index contributed by atoms with van der Waals surface area (Å²) in [6, 6.07) is 5.26. The maximum atomic E-state index is 14.6. The number of allylic oxidation sites excluding steroid dienone is 4. The Bertz CT molecular complexity index is 1110. The van der Waals surface area contributed by atoms with E-state index in [1.54, 1.807) is 12.2 Å². The van der Waals surface area contributed by atoms with Crippen molar-refractivity contribution in [3.05, 3.63) is 102 Å². The first-order valence-corrected chi connectivity index (χ1v) is 11.1. The van der Waals surface area contributed by atoms with E-state index in [9.17, 15) is 39.5 Å². The lowest BCUT2D eigenvalue weighted by Gasteiger charge is -2.37. The summed E-state index contributed by atoms with van der Waals surface area (Å²) in [5.74, 6) is -2.79. The van der Waals surface area contributed by atoms with E-state index in [-0.39, 0.29) is 17.5 Å². The van der Waals surface area contributed by atoms with E-state index in [0.29, 0.717) is 6.07 Å². The second-order valence-corrected chi connectivity index (χ2v) is 8.27. The highest BCUT2D eigenvalue weighted by molar-refractivity contribution is 5.43. The van der Waals surface area contributed by atoms with Crippen LogP contribution in [0.25, 0.3) is 0 Å². The highest BCUT2D eigenvalue weighted by Crippen LogP contribution is 2.38. The molecular formula is C26H25F9N2O. The quantitative estimate of drug-likeness (QED) is 0.208. The highest BCUT2D eigenvalue weighted by atomic mass is 19.4. The van der Waals surface area contributed by atoms with Crippen molar-refractivity contribution in [3.63, 3.8) is 0 Å². The summed E-state index contributed by atoms with van der Waals surface area (Å²) >= 11 is 0. The van der Waals surface area contributed by atoms with E-state index in [1.807, 2.05) is 0 Å². The zero-order chi connectivity index (χ0) is 28.6. The third-order valence-electron chi connectivity index (χ3n) is 5.29. The molecule has 2 atom stereocenters. The van der Waals surface area contributed by atoms with Crippen molar-refractivity contribution in [2.45, 2.75) is 43.1 Å². The summed E-state index contributed by atoms with van der Waals surface area (Å²) in [4.78, 5) is 0. The van der Waals surface area contributed by atoms with Crippen LogP contribution in [0.15, 0.2) is 79.4 Å². The summed E-state index contributed by atoms with van der Waals surface area (Å²) in [6.45, 7) is 3.00. The predicted octanol–water partition coefficient (Wildman–Crippen LogP) is 7.00. The Morgan fingerprint density at radius 1 is 0.895 bits per heavy atom. The second-order valence-electron chi connectivity index (χ2n) is 8.27. The monoisotopic (exact) mass is 552 g/mol. The van der Waals surface area contributed by atoms with Gasteiger partial charge in [-0.05, 0) is 41.8 Å². The van der Waals surface area contributed by atoms with Crippen LogP contribution in [-0.4, -0.2) is 31.3 Å². The Kier molecular flexibility index (Phi) is 10.6. The standard InChI is InChI=1S/C26H25F9N2O/c1-2-3-4-5-6-11-24(17-7-9-19(27)10-8-17,37-16-21(36)15-25(31,32)33)18-12-20(28)14-22(13-18)38-26(34,35)23(29)30/h2-10,12-14,21,23,37H,1,11,15-16,36H2/b4-3-,6-5+/t21?,24-/m1/s1. The third kappa shape index (κ3) is 8.95. The van der Waals surface area contributed by atoms with Crippen LogP contribution in [-0.2, 0) is 5.54 Å². The van der Waals surface area contributed by atoms with Crippen LogP contribution in [0, 0.1) is 11.6 Å². The summed E-state index contributed by atoms with van der Waals surface area (Å²) in [6.07, 6.45) is -7.69. The minimum absolute atomic E-state index is 0.146. The van der Waals surface area contributed by atoms with Gasteiger partial charge >= 0.3 is 18.7 Å². The number of halogens is 9. The molecule has 2 rings (SSSR count). The van der Waals surface area contributed by atoms with Gasteiger partial charge in [-0.25, -0.2) is 8.78 Å². The van der Waals surface area contributed by atoms with Crippen LogP contribution in [0.4, 0.5) is 39.5 Å².